The molecule has 0 radical (unpaired) electrons. The molecule has 0 aliphatic heterocycles. The summed E-state index contributed by atoms with van der Waals surface area (Å²) in [4.78, 5) is 23.2. The summed E-state index contributed by atoms with van der Waals surface area (Å²) in [6.07, 6.45) is 3.02. The van der Waals surface area contributed by atoms with Crippen LogP contribution < -0.4 is 10.6 Å². The van der Waals surface area contributed by atoms with Crippen molar-refractivity contribution in [3.63, 3.8) is 0 Å². The number of benzene rings is 2. The van der Waals surface area contributed by atoms with E-state index < -0.39 is 11.9 Å². The molecule has 0 saturated carbocycles. The van der Waals surface area contributed by atoms with E-state index in [2.05, 4.69) is 36.8 Å². The van der Waals surface area contributed by atoms with E-state index in [1.54, 1.807) is 18.2 Å². The molecule has 0 saturated heterocycles. The molecule has 28 heavy (non-hydrogen) atoms. The summed E-state index contributed by atoms with van der Waals surface area (Å²) in [6.45, 7) is 0.102. The van der Waals surface area contributed by atoms with Gasteiger partial charge >= 0.3 is 12.0 Å². The first kappa shape index (κ1) is 19.3. The van der Waals surface area contributed by atoms with Crippen LogP contribution in [-0.4, -0.2) is 27.2 Å². The molecule has 1 amide bonds. The molecule has 3 N–H and O–H groups in total. The Labute approximate surface area is 168 Å². The van der Waals surface area contributed by atoms with E-state index in [0.29, 0.717) is 10.2 Å². The zero-order valence-corrected chi connectivity index (χ0v) is 16.0. The number of carboxylic acids is 1. The van der Waals surface area contributed by atoms with Crippen LogP contribution in [0.25, 0.3) is 6.08 Å². The number of halogens is 1. The first-order chi connectivity index (χ1) is 13.5. The molecule has 8 nitrogen and oxygen atoms in total. The number of carboxylic acid groups (broad SMARTS) is 1. The maximum absolute atomic E-state index is 11.9. The van der Waals surface area contributed by atoms with Gasteiger partial charge in [0.25, 0.3) is 5.91 Å². The fourth-order valence-corrected chi connectivity index (χ4v) is 2.64. The van der Waals surface area contributed by atoms with Gasteiger partial charge in [-0.2, -0.15) is 0 Å². The Morgan fingerprint density at radius 2 is 1.93 bits per heavy atom. The van der Waals surface area contributed by atoms with Gasteiger partial charge in [0.15, 0.2) is 0 Å². The Balaban J connectivity index is 1.58. The molecule has 0 fully saturated rings. The molecule has 0 aliphatic carbocycles. The van der Waals surface area contributed by atoms with Gasteiger partial charge in [0.2, 0.25) is 5.89 Å². The van der Waals surface area contributed by atoms with Crippen molar-refractivity contribution in [2.45, 2.75) is 6.54 Å². The number of aromatic nitrogens is 2. The minimum absolute atomic E-state index is 0.0474. The molecule has 3 aromatic rings. The SMILES string of the molecule is O=C(/C=C/c1ccccc1)Nc1nnc(CNc2ccc(Br)cc2C(=O)O)o1. The van der Waals surface area contributed by atoms with E-state index in [4.69, 9.17) is 4.42 Å². The van der Waals surface area contributed by atoms with Crippen LogP contribution in [0, 0.1) is 0 Å². The third-order valence-corrected chi connectivity index (χ3v) is 4.06. The Kier molecular flexibility index (Phi) is 6.18. The highest BCUT2D eigenvalue weighted by Gasteiger charge is 2.12. The number of hydrogen-bond donors (Lipinski definition) is 3. The van der Waals surface area contributed by atoms with Crippen molar-refractivity contribution in [3.05, 3.63) is 76.1 Å². The fraction of sp³-hybridized carbons (Fsp3) is 0.0526. The Morgan fingerprint density at radius 1 is 1.14 bits per heavy atom. The molecular weight excluding hydrogens is 428 g/mol. The summed E-state index contributed by atoms with van der Waals surface area (Å²) in [7, 11) is 0. The lowest BCUT2D eigenvalue weighted by Crippen LogP contribution is -2.08. The quantitative estimate of drug-likeness (QED) is 0.476. The third kappa shape index (κ3) is 5.27. The van der Waals surface area contributed by atoms with Gasteiger partial charge in [-0.05, 0) is 29.8 Å². The van der Waals surface area contributed by atoms with Gasteiger partial charge in [-0.25, -0.2) is 4.79 Å². The number of hydrogen-bond acceptors (Lipinski definition) is 6. The zero-order chi connectivity index (χ0) is 19.9. The number of amides is 1. The normalized spacial score (nSPS) is 10.8. The maximum Gasteiger partial charge on any atom is 0.337 e. The van der Waals surface area contributed by atoms with Crippen LogP contribution in [-0.2, 0) is 11.3 Å². The maximum atomic E-state index is 11.9. The molecule has 1 heterocycles. The highest BCUT2D eigenvalue weighted by Crippen LogP contribution is 2.22. The molecule has 142 valence electrons. The lowest BCUT2D eigenvalue weighted by Gasteiger charge is -2.07. The summed E-state index contributed by atoms with van der Waals surface area (Å²) >= 11 is 3.24. The van der Waals surface area contributed by atoms with E-state index in [0.717, 1.165) is 5.56 Å². The first-order valence-electron chi connectivity index (χ1n) is 8.14. The van der Waals surface area contributed by atoms with Crippen molar-refractivity contribution in [2.24, 2.45) is 0 Å². The lowest BCUT2D eigenvalue weighted by atomic mass is 10.2. The average molecular weight is 443 g/mol. The molecule has 0 aliphatic rings. The molecule has 2 aromatic carbocycles. The Bertz CT molecular complexity index is 1020. The van der Waals surface area contributed by atoms with Gasteiger partial charge in [-0.15, -0.1) is 5.10 Å². The summed E-state index contributed by atoms with van der Waals surface area (Å²) in [6, 6.07) is 14.2. The minimum Gasteiger partial charge on any atom is -0.478 e. The van der Waals surface area contributed by atoms with Crippen LogP contribution in [0.2, 0.25) is 0 Å². The molecule has 0 atom stereocenters. The molecule has 0 bridgehead atoms. The van der Waals surface area contributed by atoms with Gasteiger partial charge in [-0.1, -0.05) is 51.4 Å². The van der Waals surface area contributed by atoms with Crippen molar-refractivity contribution in [3.8, 4) is 0 Å². The van der Waals surface area contributed by atoms with Crippen molar-refractivity contribution < 1.29 is 19.1 Å². The largest absolute Gasteiger partial charge is 0.478 e. The second-order valence-electron chi connectivity index (χ2n) is 5.58. The van der Waals surface area contributed by atoms with Gasteiger partial charge in [0.1, 0.15) is 0 Å². The number of nitrogens with zero attached hydrogens (tertiary/aromatic N) is 2. The van der Waals surface area contributed by atoms with E-state index in [9.17, 15) is 14.7 Å². The van der Waals surface area contributed by atoms with Crippen LogP contribution in [0.15, 0.2) is 63.5 Å². The number of carbonyl (C=O) groups excluding carboxylic acids is 1. The number of nitrogens with one attached hydrogen (secondary N) is 2. The second-order valence-corrected chi connectivity index (χ2v) is 6.50. The van der Waals surface area contributed by atoms with Gasteiger partial charge < -0.3 is 14.8 Å². The van der Waals surface area contributed by atoms with Gasteiger partial charge in [0, 0.05) is 16.2 Å². The fourth-order valence-electron chi connectivity index (χ4n) is 2.28. The second kappa shape index (κ2) is 8.96. The minimum atomic E-state index is -1.06. The van der Waals surface area contributed by atoms with Crippen LogP contribution in [0.5, 0.6) is 0 Å². The lowest BCUT2D eigenvalue weighted by molar-refractivity contribution is -0.112. The first-order valence-corrected chi connectivity index (χ1v) is 8.94. The number of anilines is 2. The van der Waals surface area contributed by atoms with E-state index in [1.807, 2.05) is 30.3 Å². The van der Waals surface area contributed by atoms with Crippen molar-refractivity contribution in [1.82, 2.24) is 10.2 Å². The van der Waals surface area contributed by atoms with Crippen molar-refractivity contribution >= 4 is 45.6 Å². The summed E-state index contributed by atoms with van der Waals surface area (Å²) in [5.41, 5.74) is 1.40. The smallest absolute Gasteiger partial charge is 0.337 e. The van der Waals surface area contributed by atoms with E-state index in [-0.39, 0.29) is 24.0 Å². The van der Waals surface area contributed by atoms with Crippen molar-refractivity contribution in [2.75, 3.05) is 10.6 Å². The molecule has 3 rings (SSSR count). The predicted octanol–water partition coefficient (Wildman–Crippen LogP) is 3.79. The summed E-state index contributed by atoms with van der Waals surface area (Å²) in [5, 5.41) is 22.2. The van der Waals surface area contributed by atoms with Crippen LogP contribution in [0.3, 0.4) is 0 Å². The van der Waals surface area contributed by atoms with E-state index in [1.165, 1.54) is 12.1 Å². The summed E-state index contributed by atoms with van der Waals surface area (Å²) in [5.74, 6) is -1.28. The Morgan fingerprint density at radius 3 is 2.68 bits per heavy atom. The molecular formula is C19H15BrN4O4. The van der Waals surface area contributed by atoms with Gasteiger partial charge in [0.05, 0.1) is 12.1 Å². The van der Waals surface area contributed by atoms with Crippen molar-refractivity contribution in [1.29, 1.82) is 0 Å². The highest BCUT2D eigenvalue weighted by molar-refractivity contribution is 9.10. The van der Waals surface area contributed by atoms with Crippen LogP contribution in [0.1, 0.15) is 21.8 Å². The number of aromatic carboxylic acids is 1. The molecule has 9 heteroatoms. The van der Waals surface area contributed by atoms with E-state index >= 15 is 0 Å². The zero-order valence-electron chi connectivity index (χ0n) is 14.4. The van der Waals surface area contributed by atoms with Gasteiger partial charge in [-0.3, -0.25) is 10.1 Å². The number of rotatable bonds is 7. The highest BCUT2D eigenvalue weighted by atomic mass is 79.9. The van der Waals surface area contributed by atoms with Crippen LogP contribution in [0.4, 0.5) is 11.7 Å². The monoisotopic (exact) mass is 442 g/mol. The third-order valence-electron chi connectivity index (χ3n) is 3.57. The predicted molar refractivity (Wildman–Crippen MR) is 107 cm³/mol. The topological polar surface area (TPSA) is 117 Å². The summed E-state index contributed by atoms with van der Waals surface area (Å²) < 4.78 is 6.00. The average Bonchev–Trinajstić information content (AvgIpc) is 3.13. The number of carbonyl (C=O) groups is 2. The van der Waals surface area contributed by atoms with Crippen LogP contribution >= 0.6 is 15.9 Å². The molecule has 0 spiro atoms. The molecule has 0 unspecified atom stereocenters. The Hall–Kier alpha value is -3.46. The standard InChI is InChI=1S/C19H15BrN4O4/c20-13-7-8-15(14(10-13)18(26)27)21-11-17-23-24-19(28-17)22-16(25)9-6-12-4-2-1-3-5-12/h1-10,21H,11H2,(H,26,27)(H,22,24,25)/b9-6+. The molecule has 1 aromatic heterocycles.